The molecule has 2 saturated heterocycles. The van der Waals surface area contributed by atoms with Crippen molar-refractivity contribution in [2.24, 2.45) is 5.92 Å². The van der Waals surface area contributed by atoms with E-state index in [0.717, 1.165) is 25.8 Å². The summed E-state index contributed by atoms with van der Waals surface area (Å²) in [5.41, 5.74) is 0. The molecular formula is C15H29N3O. The van der Waals surface area contributed by atoms with Gasteiger partial charge in [0.15, 0.2) is 0 Å². The van der Waals surface area contributed by atoms with Crippen LogP contribution >= 0.6 is 0 Å². The molecule has 2 heterocycles. The molecule has 1 amide bonds. The molecule has 0 saturated carbocycles. The molecule has 0 aromatic rings. The predicted molar refractivity (Wildman–Crippen MR) is 77.8 cm³/mol. The largest absolute Gasteiger partial charge is 0.323 e. The van der Waals surface area contributed by atoms with Crippen molar-refractivity contribution in [3.8, 4) is 0 Å². The van der Waals surface area contributed by atoms with E-state index in [1.165, 1.54) is 0 Å². The summed E-state index contributed by atoms with van der Waals surface area (Å²) in [7, 11) is 2.18. The second-order valence-electron chi connectivity index (χ2n) is 6.57. The molecule has 0 aliphatic carbocycles. The lowest BCUT2D eigenvalue weighted by molar-refractivity contribution is -0.134. The summed E-state index contributed by atoms with van der Waals surface area (Å²) in [6.07, 6.45) is 3.44. The number of carbonyl (C=O) groups excluding carboxylic acids is 1. The fourth-order valence-electron chi connectivity index (χ4n) is 3.42. The molecule has 0 radical (unpaired) electrons. The SMILES string of the molecule is CCC1NC(C(C)C)C(=O)N1C1CCN(C)C(C)C1. The zero-order valence-corrected chi connectivity index (χ0v) is 13.0. The van der Waals surface area contributed by atoms with Crippen LogP contribution in [0.5, 0.6) is 0 Å². The number of piperidine rings is 1. The highest BCUT2D eigenvalue weighted by Gasteiger charge is 2.43. The van der Waals surface area contributed by atoms with Crippen LogP contribution in [-0.4, -0.2) is 53.6 Å². The van der Waals surface area contributed by atoms with E-state index in [2.05, 4.69) is 49.9 Å². The van der Waals surface area contributed by atoms with Gasteiger partial charge in [-0.2, -0.15) is 0 Å². The Morgan fingerprint density at radius 3 is 2.63 bits per heavy atom. The fraction of sp³-hybridized carbons (Fsp3) is 0.933. The Balaban J connectivity index is 2.11. The number of amides is 1. The van der Waals surface area contributed by atoms with Gasteiger partial charge in [-0.05, 0) is 39.2 Å². The molecule has 19 heavy (non-hydrogen) atoms. The normalized spacial score (nSPS) is 37.4. The minimum atomic E-state index is 0.0138. The van der Waals surface area contributed by atoms with Gasteiger partial charge in [0.2, 0.25) is 5.91 Å². The first-order chi connectivity index (χ1) is 8.95. The van der Waals surface area contributed by atoms with E-state index in [1.807, 2.05) is 0 Å². The van der Waals surface area contributed by atoms with Crippen LogP contribution in [0.3, 0.4) is 0 Å². The van der Waals surface area contributed by atoms with E-state index in [4.69, 9.17) is 0 Å². The fourth-order valence-corrected chi connectivity index (χ4v) is 3.42. The standard InChI is InChI=1S/C15H29N3O/c1-6-13-16-14(10(2)3)15(19)18(13)12-7-8-17(5)11(4)9-12/h10-14,16H,6-9H2,1-5H3. The van der Waals surface area contributed by atoms with E-state index in [-0.39, 0.29) is 12.2 Å². The number of rotatable bonds is 3. The monoisotopic (exact) mass is 267 g/mol. The van der Waals surface area contributed by atoms with Crippen molar-refractivity contribution in [1.82, 2.24) is 15.1 Å². The molecule has 2 aliphatic rings. The summed E-state index contributed by atoms with van der Waals surface area (Å²) in [6, 6.07) is 1.00. The van der Waals surface area contributed by atoms with Crippen LogP contribution in [0.1, 0.15) is 47.0 Å². The number of hydrogen-bond donors (Lipinski definition) is 1. The average molecular weight is 267 g/mol. The second-order valence-corrected chi connectivity index (χ2v) is 6.57. The Kier molecular flexibility index (Phi) is 4.51. The number of likely N-dealkylation sites (tertiary alicyclic amines) is 1. The van der Waals surface area contributed by atoms with Crippen LogP contribution in [0.25, 0.3) is 0 Å². The molecule has 2 rings (SSSR count). The van der Waals surface area contributed by atoms with E-state index in [9.17, 15) is 4.79 Å². The number of hydrogen-bond acceptors (Lipinski definition) is 3. The third-order valence-corrected chi connectivity index (χ3v) is 4.86. The summed E-state index contributed by atoms with van der Waals surface area (Å²) in [6.45, 7) is 9.78. The van der Waals surface area contributed by atoms with Crippen LogP contribution in [0, 0.1) is 5.92 Å². The maximum absolute atomic E-state index is 12.7. The first-order valence-corrected chi connectivity index (χ1v) is 7.74. The molecule has 2 aliphatic heterocycles. The molecule has 4 nitrogen and oxygen atoms in total. The first kappa shape index (κ1) is 14.8. The van der Waals surface area contributed by atoms with Gasteiger partial charge in [0.05, 0.1) is 12.2 Å². The van der Waals surface area contributed by atoms with Gasteiger partial charge in [-0.25, -0.2) is 0 Å². The first-order valence-electron chi connectivity index (χ1n) is 7.74. The zero-order chi connectivity index (χ0) is 14.2. The van der Waals surface area contributed by atoms with Crippen LogP contribution in [0.15, 0.2) is 0 Å². The lowest BCUT2D eigenvalue weighted by atomic mass is 9.96. The van der Waals surface area contributed by atoms with Gasteiger partial charge < -0.3 is 9.80 Å². The third kappa shape index (κ3) is 2.79. The molecule has 0 aromatic carbocycles. The van der Waals surface area contributed by atoms with E-state index in [0.29, 0.717) is 23.9 Å². The van der Waals surface area contributed by atoms with Gasteiger partial charge in [0.1, 0.15) is 0 Å². The Bertz CT molecular complexity index is 331. The zero-order valence-electron chi connectivity index (χ0n) is 13.0. The highest BCUT2D eigenvalue weighted by atomic mass is 16.2. The summed E-state index contributed by atoms with van der Waals surface area (Å²) >= 11 is 0. The minimum absolute atomic E-state index is 0.0138. The lowest BCUT2D eigenvalue weighted by Gasteiger charge is -2.41. The molecule has 0 bridgehead atoms. The van der Waals surface area contributed by atoms with Gasteiger partial charge in [0, 0.05) is 18.6 Å². The number of nitrogens with zero attached hydrogens (tertiary/aromatic N) is 2. The highest BCUT2D eigenvalue weighted by molar-refractivity contribution is 5.85. The lowest BCUT2D eigenvalue weighted by Crippen LogP contribution is -2.51. The summed E-state index contributed by atoms with van der Waals surface area (Å²) < 4.78 is 0. The van der Waals surface area contributed by atoms with Crippen molar-refractivity contribution in [3.05, 3.63) is 0 Å². The average Bonchev–Trinajstić information content (AvgIpc) is 2.70. The molecule has 4 unspecified atom stereocenters. The summed E-state index contributed by atoms with van der Waals surface area (Å²) in [5.74, 6) is 0.693. The summed E-state index contributed by atoms with van der Waals surface area (Å²) in [4.78, 5) is 17.2. The quantitative estimate of drug-likeness (QED) is 0.845. The summed E-state index contributed by atoms with van der Waals surface area (Å²) in [5, 5.41) is 3.53. The van der Waals surface area contributed by atoms with Crippen molar-refractivity contribution in [2.45, 2.75) is 71.2 Å². The van der Waals surface area contributed by atoms with Gasteiger partial charge in [-0.3, -0.25) is 10.1 Å². The maximum atomic E-state index is 12.7. The Hall–Kier alpha value is -0.610. The molecule has 2 fully saturated rings. The van der Waals surface area contributed by atoms with Crippen LogP contribution in [-0.2, 0) is 4.79 Å². The second kappa shape index (κ2) is 5.80. The molecule has 110 valence electrons. The van der Waals surface area contributed by atoms with Crippen LogP contribution < -0.4 is 5.32 Å². The molecule has 1 N–H and O–H groups in total. The maximum Gasteiger partial charge on any atom is 0.241 e. The van der Waals surface area contributed by atoms with Crippen molar-refractivity contribution in [2.75, 3.05) is 13.6 Å². The number of nitrogens with one attached hydrogen (secondary N) is 1. The molecular weight excluding hydrogens is 238 g/mol. The predicted octanol–water partition coefficient (Wildman–Crippen LogP) is 1.66. The van der Waals surface area contributed by atoms with Gasteiger partial charge in [-0.1, -0.05) is 20.8 Å². The van der Waals surface area contributed by atoms with Crippen LogP contribution in [0.2, 0.25) is 0 Å². The Morgan fingerprint density at radius 1 is 1.42 bits per heavy atom. The van der Waals surface area contributed by atoms with Gasteiger partial charge in [-0.15, -0.1) is 0 Å². The Morgan fingerprint density at radius 2 is 2.11 bits per heavy atom. The molecule has 0 aromatic heterocycles. The molecule has 4 heteroatoms. The minimum Gasteiger partial charge on any atom is -0.323 e. The Labute approximate surface area is 117 Å². The third-order valence-electron chi connectivity index (χ3n) is 4.86. The highest BCUT2D eigenvalue weighted by Crippen LogP contribution is 2.28. The molecule has 4 atom stereocenters. The van der Waals surface area contributed by atoms with Crippen molar-refractivity contribution < 1.29 is 4.79 Å². The van der Waals surface area contributed by atoms with Gasteiger partial charge in [0.25, 0.3) is 0 Å². The number of carbonyl (C=O) groups is 1. The topological polar surface area (TPSA) is 35.6 Å². The van der Waals surface area contributed by atoms with Crippen LogP contribution in [0.4, 0.5) is 0 Å². The van der Waals surface area contributed by atoms with Gasteiger partial charge >= 0.3 is 0 Å². The molecule has 0 spiro atoms. The van der Waals surface area contributed by atoms with Crippen molar-refractivity contribution in [1.29, 1.82) is 0 Å². The van der Waals surface area contributed by atoms with Crippen molar-refractivity contribution >= 4 is 5.91 Å². The van der Waals surface area contributed by atoms with E-state index < -0.39 is 0 Å². The van der Waals surface area contributed by atoms with Crippen molar-refractivity contribution in [3.63, 3.8) is 0 Å². The van der Waals surface area contributed by atoms with E-state index >= 15 is 0 Å². The van der Waals surface area contributed by atoms with E-state index in [1.54, 1.807) is 0 Å². The smallest absolute Gasteiger partial charge is 0.241 e.